The molecule has 1 N–H and O–H groups in total. The Kier molecular flexibility index (Phi) is 9.24. The van der Waals surface area contributed by atoms with E-state index < -0.39 is 58.2 Å². The van der Waals surface area contributed by atoms with Crippen LogP contribution in [0.25, 0.3) is 0 Å². The Bertz CT molecular complexity index is 1460. The third-order valence-electron chi connectivity index (χ3n) is 6.62. The number of hydrogen-bond acceptors (Lipinski definition) is 5. The fraction of sp³-hybridized carbons (Fsp3) is 0.286. The van der Waals surface area contributed by atoms with Gasteiger partial charge in [-0.3, -0.25) is 9.59 Å². The van der Waals surface area contributed by atoms with Gasteiger partial charge in [-0.25, -0.2) is 8.42 Å². The predicted octanol–water partition coefficient (Wildman–Crippen LogP) is 6.38. The maximum absolute atomic E-state index is 13.9. The van der Waals surface area contributed by atoms with E-state index in [-0.39, 0.29) is 16.3 Å². The van der Waals surface area contributed by atoms with Gasteiger partial charge in [-0.2, -0.15) is 0 Å². The van der Waals surface area contributed by atoms with E-state index in [9.17, 15) is 23.1 Å². The standard InChI is InChI=1S/C28H26Cl3NO6S/c1-2-21(16-39(36,37)24-9-4-3-8-22(24)31)32-26(17-10-12-19(29)13-11-17)27(18-6-5-7-20(30)14-18)38-23(28(32)35)15-25(33)34/h3-14,21,23,26-27H,2,15-16H2,1H3,(H,33,34)/t21?,23-,26-,27-/m1/s1. The summed E-state index contributed by atoms with van der Waals surface area (Å²) in [4.78, 5) is 27.0. The van der Waals surface area contributed by atoms with Crippen LogP contribution in [0.4, 0.5) is 0 Å². The SMILES string of the molecule is CCC(CS(=O)(=O)c1ccccc1Cl)N1C(=O)[C@@H](CC(=O)O)O[C@H](c2cccc(Cl)c2)[C@H]1c1ccc(Cl)cc1. The fourth-order valence-electron chi connectivity index (χ4n) is 4.83. The molecule has 1 aliphatic rings. The van der Waals surface area contributed by atoms with Crippen molar-refractivity contribution in [1.82, 2.24) is 4.90 Å². The first kappa shape index (κ1) is 29.4. The third-order valence-corrected chi connectivity index (χ3v) is 9.40. The van der Waals surface area contributed by atoms with Crippen LogP contribution in [-0.2, 0) is 24.2 Å². The van der Waals surface area contributed by atoms with Gasteiger partial charge >= 0.3 is 5.97 Å². The molecule has 0 aromatic heterocycles. The molecule has 1 amide bonds. The predicted molar refractivity (Wildman–Crippen MR) is 150 cm³/mol. The average Bonchev–Trinajstić information content (AvgIpc) is 2.89. The number of aliphatic carboxylic acids is 1. The summed E-state index contributed by atoms with van der Waals surface area (Å²) < 4.78 is 33.2. The number of ether oxygens (including phenoxy) is 1. The van der Waals surface area contributed by atoms with Crippen LogP contribution in [0.15, 0.2) is 77.7 Å². The Hall–Kier alpha value is -2.62. The summed E-state index contributed by atoms with van der Waals surface area (Å²) in [6.45, 7) is 1.77. The number of sulfone groups is 1. The molecular weight excluding hydrogens is 585 g/mol. The number of amides is 1. The van der Waals surface area contributed by atoms with E-state index in [4.69, 9.17) is 39.5 Å². The molecule has 7 nitrogen and oxygen atoms in total. The Labute approximate surface area is 242 Å². The number of carboxylic acid groups (broad SMARTS) is 1. The van der Waals surface area contributed by atoms with Crippen molar-refractivity contribution in [3.05, 3.63) is 99.0 Å². The van der Waals surface area contributed by atoms with Gasteiger partial charge in [-0.15, -0.1) is 0 Å². The number of carbonyl (C=O) groups is 2. The van der Waals surface area contributed by atoms with Gasteiger partial charge in [0, 0.05) is 16.1 Å². The molecular formula is C28H26Cl3NO6S. The molecule has 1 fully saturated rings. The largest absolute Gasteiger partial charge is 0.481 e. The zero-order chi connectivity index (χ0) is 28.3. The molecule has 4 rings (SSSR count). The van der Waals surface area contributed by atoms with Gasteiger partial charge in [0.05, 0.1) is 28.1 Å². The van der Waals surface area contributed by atoms with Crippen molar-refractivity contribution in [2.45, 2.75) is 49.0 Å². The molecule has 1 saturated heterocycles. The Morgan fingerprint density at radius 1 is 0.974 bits per heavy atom. The maximum atomic E-state index is 13.9. The molecule has 11 heteroatoms. The van der Waals surface area contributed by atoms with Crippen molar-refractivity contribution in [3.8, 4) is 0 Å². The van der Waals surface area contributed by atoms with Gasteiger partial charge < -0.3 is 14.7 Å². The van der Waals surface area contributed by atoms with Crippen molar-refractivity contribution >= 4 is 56.5 Å². The summed E-state index contributed by atoms with van der Waals surface area (Å²) in [5, 5.41) is 10.5. The fourth-order valence-corrected chi connectivity index (χ4v) is 7.38. The minimum atomic E-state index is -3.94. The molecule has 1 aliphatic heterocycles. The van der Waals surface area contributed by atoms with Gasteiger partial charge in [-0.1, -0.05) is 78.1 Å². The summed E-state index contributed by atoms with van der Waals surface area (Å²) in [5.74, 6) is -2.26. The lowest BCUT2D eigenvalue weighted by atomic mass is 9.89. The maximum Gasteiger partial charge on any atom is 0.306 e. The number of benzene rings is 3. The molecule has 4 atom stereocenters. The van der Waals surface area contributed by atoms with E-state index in [0.29, 0.717) is 21.2 Å². The summed E-state index contributed by atoms with van der Waals surface area (Å²) in [6, 6.07) is 18.2. The number of nitrogens with zero attached hydrogens (tertiary/aromatic N) is 1. The molecule has 0 spiro atoms. The average molecular weight is 611 g/mol. The highest BCUT2D eigenvalue weighted by molar-refractivity contribution is 7.91. The zero-order valence-electron chi connectivity index (χ0n) is 20.8. The molecule has 0 aliphatic carbocycles. The van der Waals surface area contributed by atoms with Crippen molar-refractivity contribution < 1.29 is 27.9 Å². The van der Waals surface area contributed by atoms with Crippen molar-refractivity contribution in [1.29, 1.82) is 0 Å². The van der Waals surface area contributed by atoms with Crippen LogP contribution < -0.4 is 0 Å². The van der Waals surface area contributed by atoms with E-state index in [2.05, 4.69) is 0 Å². The number of hydrogen-bond donors (Lipinski definition) is 1. The monoisotopic (exact) mass is 609 g/mol. The summed E-state index contributed by atoms with van der Waals surface area (Å²) in [7, 11) is -3.94. The zero-order valence-corrected chi connectivity index (χ0v) is 23.9. The molecule has 206 valence electrons. The smallest absolute Gasteiger partial charge is 0.306 e. The normalized spacial score (nSPS) is 20.6. The van der Waals surface area contributed by atoms with Crippen LogP contribution in [0.1, 0.15) is 43.0 Å². The second-order valence-electron chi connectivity index (χ2n) is 9.21. The van der Waals surface area contributed by atoms with Crippen molar-refractivity contribution in [3.63, 3.8) is 0 Å². The highest BCUT2D eigenvalue weighted by atomic mass is 35.5. The van der Waals surface area contributed by atoms with Crippen LogP contribution in [0.5, 0.6) is 0 Å². The lowest BCUT2D eigenvalue weighted by Crippen LogP contribution is -2.56. The van der Waals surface area contributed by atoms with Crippen molar-refractivity contribution in [2.75, 3.05) is 5.75 Å². The summed E-state index contributed by atoms with van der Waals surface area (Å²) in [6.07, 6.45) is -2.51. The number of halogens is 3. The van der Waals surface area contributed by atoms with Crippen LogP contribution in [0, 0.1) is 0 Å². The van der Waals surface area contributed by atoms with Crippen LogP contribution >= 0.6 is 34.8 Å². The van der Waals surface area contributed by atoms with Gasteiger partial charge in [0.15, 0.2) is 9.84 Å². The third kappa shape index (κ3) is 6.58. The van der Waals surface area contributed by atoms with Crippen molar-refractivity contribution in [2.24, 2.45) is 0 Å². The van der Waals surface area contributed by atoms with Gasteiger partial charge in [0.2, 0.25) is 0 Å². The quantitative estimate of drug-likeness (QED) is 0.302. The topological polar surface area (TPSA) is 101 Å². The molecule has 1 heterocycles. The van der Waals surface area contributed by atoms with E-state index in [1.165, 1.54) is 17.0 Å². The molecule has 39 heavy (non-hydrogen) atoms. The Morgan fingerprint density at radius 3 is 2.28 bits per heavy atom. The first-order chi connectivity index (χ1) is 18.5. The minimum Gasteiger partial charge on any atom is -0.481 e. The highest BCUT2D eigenvalue weighted by Crippen LogP contribution is 2.45. The lowest BCUT2D eigenvalue weighted by Gasteiger charge is -2.48. The second kappa shape index (κ2) is 12.3. The molecule has 1 unspecified atom stereocenters. The summed E-state index contributed by atoms with van der Waals surface area (Å²) >= 11 is 18.6. The summed E-state index contributed by atoms with van der Waals surface area (Å²) in [5.41, 5.74) is 1.25. The number of carboxylic acids is 1. The van der Waals surface area contributed by atoms with E-state index in [0.717, 1.165) is 0 Å². The second-order valence-corrected chi connectivity index (χ2v) is 12.5. The lowest BCUT2D eigenvalue weighted by molar-refractivity contribution is -0.182. The van der Waals surface area contributed by atoms with Crippen LogP contribution in [0.2, 0.25) is 15.1 Å². The molecule has 0 saturated carbocycles. The number of rotatable bonds is 9. The van der Waals surface area contributed by atoms with E-state index >= 15 is 0 Å². The van der Waals surface area contributed by atoms with E-state index in [1.807, 2.05) is 0 Å². The molecule has 3 aromatic rings. The Morgan fingerprint density at radius 2 is 1.67 bits per heavy atom. The molecule has 0 bridgehead atoms. The van der Waals surface area contributed by atoms with Gasteiger partial charge in [0.1, 0.15) is 12.2 Å². The van der Waals surface area contributed by atoms with Crippen LogP contribution in [0.3, 0.4) is 0 Å². The highest BCUT2D eigenvalue weighted by Gasteiger charge is 2.48. The first-order valence-corrected chi connectivity index (χ1v) is 15.0. The minimum absolute atomic E-state index is 0.0395. The van der Waals surface area contributed by atoms with Crippen LogP contribution in [-0.4, -0.2) is 48.2 Å². The Balaban J connectivity index is 1.87. The van der Waals surface area contributed by atoms with Gasteiger partial charge in [-0.05, 0) is 53.9 Å². The molecule has 0 radical (unpaired) electrons. The first-order valence-electron chi connectivity index (χ1n) is 12.2. The number of morpholine rings is 1. The van der Waals surface area contributed by atoms with Gasteiger partial charge in [0.25, 0.3) is 5.91 Å². The number of carbonyl (C=O) groups excluding carboxylic acids is 1. The van der Waals surface area contributed by atoms with E-state index in [1.54, 1.807) is 67.6 Å². The molecule has 3 aromatic carbocycles.